The van der Waals surface area contributed by atoms with Gasteiger partial charge in [0.2, 0.25) is 0 Å². The number of carbonyl (C=O) groups is 2. The minimum Gasteiger partial charge on any atom is -0.469 e. The van der Waals surface area contributed by atoms with Crippen LogP contribution >= 0.6 is 0 Å². The fourth-order valence-corrected chi connectivity index (χ4v) is 6.67. The van der Waals surface area contributed by atoms with Gasteiger partial charge in [0, 0.05) is 25.8 Å². The number of rotatable bonds is 9. The van der Waals surface area contributed by atoms with E-state index < -0.39 is 9.84 Å². The van der Waals surface area contributed by atoms with Gasteiger partial charge in [0.15, 0.2) is 9.84 Å². The maximum Gasteiger partial charge on any atom is 0.308 e. The summed E-state index contributed by atoms with van der Waals surface area (Å²) >= 11 is 0. The Labute approximate surface area is 226 Å². The third-order valence-electron chi connectivity index (χ3n) is 7.93. The highest BCUT2D eigenvalue weighted by Crippen LogP contribution is 2.40. The van der Waals surface area contributed by atoms with Crippen LogP contribution in [0.2, 0.25) is 0 Å². The SMILES string of the molecule is CCS(=O)(=O)c1ccc(CNC(=O)c2cnc3c(c2)CN(CC2CCC(C(=O)OC)CC2)C3C(C)C)cc1. The summed E-state index contributed by atoms with van der Waals surface area (Å²) < 4.78 is 28.9. The van der Waals surface area contributed by atoms with E-state index in [0.717, 1.165) is 55.6 Å². The zero-order valence-electron chi connectivity index (χ0n) is 22.8. The predicted molar refractivity (Wildman–Crippen MR) is 145 cm³/mol. The highest BCUT2D eigenvalue weighted by molar-refractivity contribution is 7.91. The lowest BCUT2D eigenvalue weighted by Crippen LogP contribution is -2.33. The Morgan fingerprint density at radius 2 is 1.82 bits per heavy atom. The fraction of sp³-hybridized carbons (Fsp3) is 0.552. The van der Waals surface area contributed by atoms with Crippen molar-refractivity contribution in [1.82, 2.24) is 15.2 Å². The molecule has 1 aliphatic carbocycles. The van der Waals surface area contributed by atoms with Crippen molar-refractivity contribution in [2.75, 3.05) is 19.4 Å². The lowest BCUT2D eigenvalue weighted by Gasteiger charge is -2.34. The molecule has 0 saturated heterocycles. The number of aromatic nitrogens is 1. The van der Waals surface area contributed by atoms with Gasteiger partial charge in [0.05, 0.1) is 41.0 Å². The first-order valence-electron chi connectivity index (χ1n) is 13.5. The third kappa shape index (κ3) is 6.26. The normalized spacial score (nSPS) is 21.8. The van der Waals surface area contributed by atoms with Crippen LogP contribution in [0.4, 0.5) is 0 Å². The van der Waals surface area contributed by atoms with E-state index in [2.05, 4.69) is 24.1 Å². The number of nitrogens with zero attached hydrogens (tertiary/aromatic N) is 2. The van der Waals surface area contributed by atoms with Crippen molar-refractivity contribution in [1.29, 1.82) is 0 Å². The molecule has 8 nitrogen and oxygen atoms in total. The minimum atomic E-state index is -3.25. The summed E-state index contributed by atoms with van der Waals surface area (Å²) in [5, 5.41) is 2.93. The Morgan fingerprint density at radius 1 is 1.13 bits per heavy atom. The topological polar surface area (TPSA) is 106 Å². The number of fused-ring (bicyclic) bond motifs is 1. The van der Waals surface area contributed by atoms with Crippen LogP contribution in [0.1, 0.15) is 79.7 Å². The van der Waals surface area contributed by atoms with E-state index in [9.17, 15) is 18.0 Å². The first-order valence-corrected chi connectivity index (χ1v) is 15.2. The van der Waals surface area contributed by atoms with E-state index in [-0.39, 0.29) is 29.6 Å². The number of carbonyl (C=O) groups excluding carboxylic acids is 2. The molecule has 1 saturated carbocycles. The van der Waals surface area contributed by atoms with Gasteiger partial charge in [0.25, 0.3) is 5.91 Å². The number of methoxy groups -OCH3 is 1. The lowest BCUT2D eigenvalue weighted by atomic mass is 9.81. The summed E-state index contributed by atoms with van der Waals surface area (Å²) in [6, 6.07) is 8.79. The molecule has 1 aromatic carbocycles. The quantitative estimate of drug-likeness (QED) is 0.472. The second-order valence-corrected chi connectivity index (χ2v) is 13.1. The molecule has 1 atom stereocenters. The van der Waals surface area contributed by atoms with Crippen molar-refractivity contribution >= 4 is 21.7 Å². The number of pyridine rings is 1. The first kappa shape index (κ1) is 28.2. The average Bonchev–Trinajstić information content (AvgIpc) is 3.29. The first-order chi connectivity index (χ1) is 18.1. The van der Waals surface area contributed by atoms with Crippen molar-refractivity contribution < 1.29 is 22.7 Å². The van der Waals surface area contributed by atoms with Gasteiger partial charge in [-0.05, 0) is 66.8 Å². The standard InChI is InChI=1S/C29H39N3O5S/c1-5-38(35,36)25-12-8-20(9-13-25)15-31-28(33)23-14-24-18-32(27(19(2)3)26(24)30-16-23)17-21-6-10-22(11-7-21)29(34)37-4/h8-9,12-14,16,19,21-22,27H,5-7,10-11,15,17-18H2,1-4H3,(H,31,33). The van der Waals surface area contributed by atoms with Gasteiger partial charge in [-0.1, -0.05) is 32.9 Å². The Hall–Kier alpha value is -2.78. The van der Waals surface area contributed by atoms with Crippen LogP contribution in [0.3, 0.4) is 0 Å². The second kappa shape index (κ2) is 11.9. The van der Waals surface area contributed by atoms with E-state index in [4.69, 9.17) is 9.72 Å². The number of hydrogen-bond donors (Lipinski definition) is 1. The van der Waals surface area contributed by atoms with Crippen LogP contribution in [0, 0.1) is 17.8 Å². The third-order valence-corrected chi connectivity index (χ3v) is 9.68. The predicted octanol–water partition coefficient (Wildman–Crippen LogP) is 4.30. The number of benzene rings is 1. The molecule has 2 heterocycles. The Kier molecular flexibility index (Phi) is 8.88. The molecule has 2 aliphatic rings. The minimum absolute atomic E-state index is 0.0259. The second-order valence-electron chi connectivity index (χ2n) is 10.9. The van der Waals surface area contributed by atoms with Gasteiger partial charge < -0.3 is 10.1 Å². The van der Waals surface area contributed by atoms with Crippen LogP contribution in [-0.4, -0.2) is 49.6 Å². The highest BCUT2D eigenvalue weighted by Gasteiger charge is 2.36. The number of esters is 1. The van der Waals surface area contributed by atoms with Gasteiger partial charge in [-0.15, -0.1) is 0 Å². The van der Waals surface area contributed by atoms with E-state index in [0.29, 0.717) is 28.8 Å². The van der Waals surface area contributed by atoms with Gasteiger partial charge >= 0.3 is 5.97 Å². The zero-order valence-corrected chi connectivity index (χ0v) is 23.6. The van der Waals surface area contributed by atoms with Gasteiger partial charge in [-0.3, -0.25) is 19.5 Å². The molecule has 4 rings (SSSR count). The molecule has 1 unspecified atom stereocenters. The summed E-state index contributed by atoms with van der Waals surface area (Å²) in [5.74, 6) is 0.708. The number of sulfone groups is 1. The zero-order chi connectivity index (χ0) is 27.4. The molecule has 1 aliphatic heterocycles. The van der Waals surface area contributed by atoms with E-state index in [1.807, 2.05) is 6.07 Å². The fourth-order valence-electron chi connectivity index (χ4n) is 5.79. The Balaban J connectivity index is 1.38. The van der Waals surface area contributed by atoms with E-state index >= 15 is 0 Å². The largest absolute Gasteiger partial charge is 0.469 e. The van der Waals surface area contributed by atoms with Crippen LogP contribution in [0.25, 0.3) is 0 Å². The van der Waals surface area contributed by atoms with Crippen LogP contribution in [-0.2, 0) is 32.5 Å². The molecule has 2 aromatic rings. The molecule has 1 amide bonds. The van der Waals surface area contributed by atoms with Crippen molar-refractivity contribution in [3.8, 4) is 0 Å². The van der Waals surface area contributed by atoms with Crippen LogP contribution in [0.5, 0.6) is 0 Å². The van der Waals surface area contributed by atoms with Crippen molar-refractivity contribution in [3.05, 3.63) is 58.9 Å². The number of nitrogens with one attached hydrogen (secondary N) is 1. The highest BCUT2D eigenvalue weighted by atomic mass is 32.2. The van der Waals surface area contributed by atoms with Crippen molar-refractivity contribution in [3.63, 3.8) is 0 Å². The number of amides is 1. The molecule has 1 aromatic heterocycles. The number of hydrogen-bond acceptors (Lipinski definition) is 7. The summed E-state index contributed by atoms with van der Waals surface area (Å²) in [5.41, 5.74) is 3.49. The average molecular weight is 542 g/mol. The van der Waals surface area contributed by atoms with Gasteiger partial charge in [-0.2, -0.15) is 0 Å². The molecule has 0 bridgehead atoms. The summed E-state index contributed by atoms with van der Waals surface area (Å²) in [6.07, 6.45) is 5.45. The Bertz CT molecular complexity index is 1250. The summed E-state index contributed by atoms with van der Waals surface area (Å²) in [6.45, 7) is 8.06. The molecule has 0 radical (unpaired) electrons. The van der Waals surface area contributed by atoms with Gasteiger partial charge in [0.1, 0.15) is 0 Å². The summed E-state index contributed by atoms with van der Waals surface area (Å²) in [7, 11) is -1.78. The summed E-state index contributed by atoms with van der Waals surface area (Å²) in [4.78, 5) is 32.3. The smallest absolute Gasteiger partial charge is 0.308 e. The monoisotopic (exact) mass is 541 g/mol. The molecule has 1 N–H and O–H groups in total. The van der Waals surface area contributed by atoms with E-state index in [1.54, 1.807) is 37.4 Å². The van der Waals surface area contributed by atoms with Crippen molar-refractivity contribution in [2.45, 2.75) is 70.5 Å². The molecule has 206 valence electrons. The molecule has 9 heteroatoms. The lowest BCUT2D eigenvalue weighted by molar-refractivity contribution is -0.146. The molecular weight excluding hydrogens is 502 g/mol. The molecule has 38 heavy (non-hydrogen) atoms. The maximum absolute atomic E-state index is 12.9. The Morgan fingerprint density at radius 3 is 2.42 bits per heavy atom. The van der Waals surface area contributed by atoms with Gasteiger partial charge in [-0.25, -0.2) is 8.42 Å². The molecular formula is C29H39N3O5S. The molecule has 1 fully saturated rings. The van der Waals surface area contributed by atoms with Crippen LogP contribution in [0.15, 0.2) is 41.4 Å². The molecule has 0 spiro atoms. The van der Waals surface area contributed by atoms with E-state index in [1.165, 1.54) is 7.11 Å². The van der Waals surface area contributed by atoms with Crippen molar-refractivity contribution in [2.24, 2.45) is 17.8 Å². The number of ether oxygens (including phenoxy) is 1. The maximum atomic E-state index is 12.9. The van der Waals surface area contributed by atoms with Crippen LogP contribution < -0.4 is 5.32 Å².